The van der Waals surface area contributed by atoms with Crippen LogP contribution in [-0.2, 0) is 11.3 Å². The Kier molecular flexibility index (Phi) is 5.46. The van der Waals surface area contributed by atoms with Gasteiger partial charge in [-0.2, -0.15) is 10.2 Å². The molecule has 1 amide bonds. The minimum absolute atomic E-state index is 0.115. The van der Waals surface area contributed by atoms with E-state index in [0.717, 1.165) is 0 Å². The first-order chi connectivity index (χ1) is 13.3. The highest BCUT2D eigenvalue weighted by Crippen LogP contribution is 2.21. The minimum atomic E-state index is -1.17. The van der Waals surface area contributed by atoms with Gasteiger partial charge in [0.1, 0.15) is 11.9 Å². The van der Waals surface area contributed by atoms with Crippen molar-refractivity contribution in [3.8, 4) is 0 Å². The summed E-state index contributed by atoms with van der Waals surface area (Å²) < 4.78 is 16.8. The first kappa shape index (κ1) is 19.6. The zero-order valence-corrected chi connectivity index (χ0v) is 15.8. The van der Waals surface area contributed by atoms with Gasteiger partial charge in [0.05, 0.1) is 6.54 Å². The molecule has 0 aliphatic rings. The van der Waals surface area contributed by atoms with Gasteiger partial charge in [-0.1, -0.05) is 17.7 Å². The molecule has 2 heterocycles. The monoisotopic (exact) mass is 405 g/mol. The Morgan fingerprint density at radius 3 is 2.71 bits per heavy atom. The van der Waals surface area contributed by atoms with Crippen molar-refractivity contribution in [1.82, 2.24) is 19.6 Å². The average molecular weight is 406 g/mol. The van der Waals surface area contributed by atoms with Gasteiger partial charge >= 0.3 is 5.97 Å². The number of anilines is 1. The van der Waals surface area contributed by atoms with Gasteiger partial charge < -0.3 is 10.4 Å². The molecule has 10 heteroatoms. The maximum atomic E-state index is 14.0. The molecule has 3 aromatic rings. The van der Waals surface area contributed by atoms with Crippen LogP contribution >= 0.6 is 11.6 Å². The highest BCUT2D eigenvalue weighted by atomic mass is 35.5. The predicted octanol–water partition coefficient (Wildman–Crippen LogP) is 3.13. The van der Waals surface area contributed by atoms with Crippen molar-refractivity contribution >= 4 is 29.3 Å². The fraction of sp³-hybridized carbons (Fsp3) is 0.222. The number of carboxylic acid groups (broad SMARTS) is 1. The van der Waals surface area contributed by atoms with Gasteiger partial charge in [-0.05, 0) is 32.0 Å². The van der Waals surface area contributed by atoms with Crippen molar-refractivity contribution in [1.29, 1.82) is 0 Å². The van der Waals surface area contributed by atoms with Crippen LogP contribution in [0.25, 0.3) is 0 Å². The second kappa shape index (κ2) is 7.81. The molecular weight excluding hydrogens is 389 g/mol. The number of hydrogen-bond donors (Lipinski definition) is 2. The topological polar surface area (TPSA) is 102 Å². The third kappa shape index (κ3) is 4.04. The van der Waals surface area contributed by atoms with Crippen molar-refractivity contribution in [2.75, 3.05) is 5.32 Å². The quantitative estimate of drug-likeness (QED) is 0.656. The maximum Gasteiger partial charge on any atom is 0.356 e. The minimum Gasteiger partial charge on any atom is -0.476 e. The SMILES string of the molecule is Cc1cc(NC(=O)C(C)n2ccc(C(=O)O)n2)nn1Cc1c(F)cccc1Cl. The van der Waals surface area contributed by atoms with Gasteiger partial charge in [-0.15, -0.1) is 0 Å². The van der Waals surface area contributed by atoms with Crippen LogP contribution in [0.3, 0.4) is 0 Å². The van der Waals surface area contributed by atoms with Crippen molar-refractivity contribution < 1.29 is 19.1 Å². The van der Waals surface area contributed by atoms with Crippen LogP contribution in [0, 0.1) is 12.7 Å². The normalized spacial score (nSPS) is 12.0. The molecule has 0 saturated heterocycles. The summed E-state index contributed by atoms with van der Waals surface area (Å²) >= 11 is 6.05. The molecule has 0 saturated carbocycles. The van der Waals surface area contributed by atoms with E-state index in [0.29, 0.717) is 16.3 Å². The fourth-order valence-corrected chi connectivity index (χ4v) is 2.81. The third-order valence-electron chi connectivity index (χ3n) is 4.21. The lowest BCUT2D eigenvalue weighted by Crippen LogP contribution is -2.24. The maximum absolute atomic E-state index is 14.0. The third-order valence-corrected chi connectivity index (χ3v) is 4.56. The molecule has 1 atom stereocenters. The highest BCUT2D eigenvalue weighted by Gasteiger charge is 2.19. The van der Waals surface area contributed by atoms with E-state index in [9.17, 15) is 14.0 Å². The number of nitrogens with one attached hydrogen (secondary N) is 1. The number of carboxylic acids is 1. The molecule has 2 aromatic heterocycles. The molecule has 1 aromatic carbocycles. The van der Waals surface area contributed by atoms with Crippen LogP contribution < -0.4 is 5.32 Å². The summed E-state index contributed by atoms with van der Waals surface area (Å²) in [6.07, 6.45) is 1.41. The summed E-state index contributed by atoms with van der Waals surface area (Å²) in [4.78, 5) is 23.3. The molecular formula is C18H17ClFN5O3. The Bertz CT molecular complexity index is 1030. The van der Waals surface area contributed by atoms with Crippen molar-refractivity contribution in [2.24, 2.45) is 0 Å². The average Bonchev–Trinajstić information content (AvgIpc) is 3.25. The van der Waals surface area contributed by atoms with E-state index < -0.39 is 23.7 Å². The number of rotatable bonds is 6. The summed E-state index contributed by atoms with van der Waals surface area (Å²) in [5.74, 6) is -1.75. The molecule has 2 N–H and O–H groups in total. The summed E-state index contributed by atoms with van der Waals surface area (Å²) in [7, 11) is 0. The summed E-state index contributed by atoms with van der Waals surface area (Å²) in [6.45, 7) is 3.47. The van der Waals surface area contributed by atoms with Gasteiger partial charge in [0, 0.05) is 28.5 Å². The standard InChI is InChI=1S/C18H17ClFN5O3/c1-10-8-16(23-25(10)9-12-13(19)4-3-5-14(12)20)21-17(26)11(2)24-7-6-15(22-24)18(27)28/h3-8,11H,9H2,1-2H3,(H,27,28)(H,21,23,26). The first-order valence-electron chi connectivity index (χ1n) is 8.33. The van der Waals surface area contributed by atoms with Gasteiger partial charge in [0.2, 0.25) is 5.91 Å². The molecule has 1 unspecified atom stereocenters. The highest BCUT2D eigenvalue weighted by molar-refractivity contribution is 6.31. The number of aromatic carboxylic acids is 1. The Balaban J connectivity index is 1.73. The van der Waals surface area contributed by atoms with Crippen LogP contribution in [0.15, 0.2) is 36.5 Å². The van der Waals surface area contributed by atoms with Crippen LogP contribution in [0.5, 0.6) is 0 Å². The van der Waals surface area contributed by atoms with Gasteiger partial charge in [0.25, 0.3) is 0 Å². The lowest BCUT2D eigenvalue weighted by atomic mass is 10.2. The molecule has 0 fully saturated rings. The van der Waals surface area contributed by atoms with Crippen LogP contribution in [0.4, 0.5) is 10.2 Å². The van der Waals surface area contributed by atoms with Crippen molar-refractivity contribution in [2.45, 2.75) is 26.4 Å². The van der Waals surface area contributed by atoms with Crippen LogP contribution in [-0.4, -0.2) is 36.5 Å². The Labute approximate surface area is 164 Å². The number of benzene rings is 1. The lowest BCUT2D eigenvalue weighted by Gasteiger charge is -2.11. The van der Waals surface area contributed by atoms with Crippen LogP contribution in [0.1, 0.15) is 34.7 Å². The van der Waals surface area contributed by atoms with E-state index in [-0.39, 0.29) is 18.1 Å². The zero-order valence-electron chi connectivity index (χ0n) is 15.1. The van der Waals surface area contributed by atoms with Crippen molar-refractivity contribution in [3.05, 3.63) is 64.3 Å². The molecule has 0 spiro atoms. The molecule has 8 nitrogen and oxygen atoms in total. The van der Waals surface area contributed by atoms with E-state index in [1.807, 2.05) is 0 Å². The number of aryl methyl sites for hydroxylation is 1. The van der Waals surface area contributed by atoms with Gasteiger partial charge in [-0.25, -0.2) is 9.18 Å². The molecule has 0 radical (unpaired) electrons. The molecule has 3 rings (SSSR count). The second-order valence-corrected chi connectivity index (χ2v) is 6.59. The number of aromatic nitrogens is 4. The van der Waals surface area contributed by atoms with E-state index in [1.165, 1.54) is 33.8 Å². The molecule has 146 valence electrons. The largest absolute Gasteiger partial charge is 0.476 e. The van der Waals surface area contributed by atoms with Crippen LogP contribution in [0.2, 0.25) is 5.02 Å². The Morgan fingerprint density at radius 2 is 2.07 bits per heavy atom. The number of hydrogen-bond acceptors (Lipinski definition) is 4. The van der Waals surface area contributed by atoms with E-state index in [1.54, 1.807) is 26.0 Å². The molecule has 28 heavy (non-hydrogen) atoms. The predicted molar refractivity (Wildman–Crippen MR) is 100 cm³/mol. The first-order valence-corrected chi connectivity index (χ1v) is 8.70. The number of nitrogens with zero attached hydrogens (tertiary/aromatic N) is 4. The summed E-state index contributed by atoms with van der Waals surface area (Å²) in [6, 6.07) is 6.64. The summed E-state index contributed by atoms with van der Waals surface area (Å²) in [5.41, 5.74) is 0.857. The molecule has 0 bridgehead atoms. The van der Waals surface area contributed by atoms with Gasteiger partial charge in [-0.3, -0.25) is 14.2 Å². The van der Waals surface area contributed by atoms with Gasteiger partial charge in [0.15, 0.2) is 11.5 Å². The number of carbonyl (C=O) groups is 2. The smallest absolute Gasteiger partial charge is 0.356 e. The summed E-state index contributed by atoms with van der Waals surface area (Å²) in [5, 5.41) is 20.0. The number of carbonyl (C=O) groups excluding carboxylic acids is 1. The van der Waals surface area contributed by atoms with E-state index in [2.05, 4.69) is 15.5 Å². The fourth-order valence-electron chi connectivity index (χ4n) is 2.58. The van der Waals surface area contributed by atoms with E-state index in [4.69, 9.17) is 16.7 Å². The zero-order chi connectivity index (χ0) is 20.4. The Hall–Kier alpha value is -3.20. The number of amides is 1. The molecule has 0 aliphatic heterocycles. The van der Waals surface area contributed by atoms with Crippen molar-refractivity contribution in [3.63, 3.8) is 0 Å². The number of halogens is 2. The second-order valence-electron chi connectivity index (χ2n) is 6.18. The molecule has 0 aliphatic carbocycles. The Morgan fingerprint density at radius 1 is 1.32 bits per heavy atom. The van der Waals surface area contributed by atoms with E-state index >= 15 is 0 Å². The lowest BCUT2D eigenvalue weighted by molar-refractivity contribution is -0.119.